The molecule has 0 aliphatic rings. The Balaban J connectivity index is 2.57. The van der Waals surface area contributed by atoms with E-state index in [1.165, 1.54) is 0 Å². The summed E-state index contributed by atoms with van der Waals surface area (Å²) >= 11 is 0. The molecule has 2 heteroatoms. The first kappa shape index (κ1) is 8.78. The summed E-state index contributed by atoms with van der Waals surface area (Å²) in [5.74, 6) is 0. The number of nitrogens with zero attached hydrogens (tertiary/aromatic N) is 1. The lowest BCUT2D eigenvalue weighted by molar-refractivity contribution is 1.17. The fraction of sp³-hybridized carbons (Fsp3) is 0.300. The van der Waals surface area contributed by atoms with Crippen LogP contribution in [0, 0.1) is 6.92 Å². The van der Waals surface area contributed by atoms with Crippen molar-refractivity contribution in [1.29, 1.82) is 0 Å². The second kappa shape index (κ2) is 3.90. The van der Waals surface area contributed by atoms with Crippen LogP contribution in [0.25, 0.3) is 0 Å². The van der Waals surface area contributed by atoms with Crippen molar-refractivity contribution in [3.63, 3.8) is 0 Å². The van der Waals surface area contributed by atoms with Gasteiger partial charge in [-0.15, -0.1) is 0 Å². The minimum absolute atomic E-state index is 0.823. The van der Waals surface area contributed by atoms with Gasteiger partial charge < -0.3 is 5.32 Å². The zero-order valence-electron chi connectivity index (χ0n) is 7.59. The summed E-state index contributed by atoms with van der Waals surface area (Å²) in [5, 5.41) is 3.25. The van der Waals surface area contributed by atoms with Crippen LogP contribution in [0.15, 0.2) is 30.5 Å². The molecule has 0 radical (unpaired) electrons. The van der Waals surface area contributed by atoms with Gasteiger partial charge in [-0.3, -0.25) is 4.98 Å². The second-order valence-corrected chi connectivity index (χ2v) is 3.00. The Morgan fingerprint density at radius 3 is 3.00 bits per heavy atom. The van der Waals surface area contributed by atoms with E-state index in [2.05, 4.69) is 16.9 Å². The molecule has 0 aliphatic carbocycles. The fourth-order valence-electron chi connectivity index (χ4n) is 0.908. The van der Waals surface area contributed by atoms with Crippen LogP contribution in [0.5, 0.6) is 0 Å². The molecule has 0 aromatic carbocycles. The highest BCUT2D eigenvalue weighted by atomic mass is 14.9. The van der Waals surface area contributed by atoms with Gasteiger partial charge in [-0.1, -0.05) is 12.2 Å². The third-order valence-corrected chi connectivity index (χ3v) is 1.49. The van der Waals surface area contributed by atoms with Crippen LogP contribution < -0.4 is 5.32 Å². The van der Waals surface area contributed by atoms with E-state index >= 15 is 0 Å². The van der Waals surface area contributed by atoms with Crippen LogP contribution in [0.3, 0.4) is 0 Å². The maximum Gasteiger partial charge on any atom is 0.0393 e. The summed E-state index contributed by atoms with van der Waals surface area (Å²) in [6.45, 7) is 8.62. The molecule has 2 nitrogen and oxygen atoms in total. The topological polar surface area (TPSA) is 24.9 Å². The molecule has 1 rings (SSSR count). The predicted octanol–water partition coefficient (Wildman–Crippen LogP) is 2.38. The van der Waals surface area contributed by atoms with Gasteiger partial charge in [-0.05, 0) is 26.0 Å². The average molecular weight is 162 g/mol. The highest BCUT2D eigenvalue weighted by Crippen LogP contribution is 2.06. The first-order valence-electron chi connectivity index (χ1n) is 3.99. The van der Waals surface area contributed by atoms with Crippen molar-refractivity contribution in [3.05, 3.63) is 36.2 Å². The number of nitrogens with one attached hydrogen (secondary N) is 1. The Morgan fingerprint density at radius 1 is 1.67 bits per heavy atom. The zero-order chi connectivity index (χ0) is 8.97. The molecule has 0 atom stereocenters. The number of hydrogen-bond acceptors (Lipinski definition) is 2. The Hall–Kier alpha value is -1.31. The van der Waals surface area contributed by atoms with Crippen LogP contribution in [-0.4, -0.2) is 11.5 Å². The van der Waals surface area contributed by atoms with E-state index in [0.717, 1.165) is 23.5 Å². The third kappa shape index (κ3) is 2.74. The van der Waals surface area contributed by atoms with E-state index in [0.29, 0.717) is 0 Å². The van der Waals surface area contributed by atoms with Crippen molar-refractivity contribution in [3.8, 4) is 0 Å². The van der Waals surface area contributed by atoms with Crippen LogP contribution in [0.1, 0.15) is 12.6 Å². The zero-order valence-corrected chi connectivity index (χ0v) is 7.59. The summed E-state index contributed by atoms with van der Waals surface area (Å²) in [6.07, 6.45) is 1.80. The molecule has 12 heavy (non-hydrogen) atoms. The number of rotatable bonds is 3. The monoisotopic (exact) mass is 162 g/mol. The van der Waals surface area contributed by atoms with Crippen molar-refractivity contribution < 1.29 is 0 Å². The van der Waals surface area contributed by atoms with Crippen LogP contribution in [0.4, 0.5) is 5.69 Å². The molecule has 0 amide bonds. The molecule has 0 unspecified atom stereocenters. The van der Waals surface area contributed by atoms with Crippen LogP contribution in [0.2, 0.25) is 0 Å². The van der Waals surface area contributed by atoms with Gasteiger partial charge in [-0.25, -0.2) is 0 Å². The largest absolute Gasteiger partial charge is 0.381 e. The van der Waals surface area contributed by atoms with E-state index in [1.54, 1.807) is 6.20 Å². The molecule has 0 bridgehead atoms. The summed E-state index contributed by atoms with van der Waals surface area (Å²) < 4.78 is 0. The van der Waals surface area contributed by atoms with Gasteiger partial charge in [0.05, 0.1) is 0 Å². The molecule has 0 aliphatic heterocycles. The molecule has 0 saturated carbocycles. The van der Waals surface area contributed by atoms with Gasteiger partial charge in [0.25, 0.3) is 0 Å². The minimum atomic E-state index is 0.823. The first-order chi connectivity index (χ1) is 5.68. The number of aromatic nitrogens is 1. The number of pyridine rings is 1. The SMILES string of the molecule is C=C(C)CNc1ccnc(C)c1. The summed E-state index contributed by atoms with van der Waals surface area (Å²) in [7, 11) is 0. The van der Waals surface area contributed by atoms with E-state index in [4.69, 9.17) is 0 Å². The molecule has 1 heterocycles. The quantitative estimate of drug-likeness (QED) is 0.690. The van der Waals surface area contributed by atoms with E-state index in [1.807, 2.05) is 26.0 Å². The lowest BCUT2D eigenvalue weighted by Gasteiger charge is -2.05. The number of anilines is 1. The lowest BCUT2D eigenvalue weighted by Crippen LogP contribution is -2.01. The highest BCUT2D eigenvalue weighted by Gasteiger charge is 1.91. The Labute approximate surface area is 73.3 Å². The standard InChI is InChI=1S/C10H14N2/c1-8(2)7-12-10-4-5-11-9(3)6-10/h4-6H,1,7H2,2-3H3,(H,11,12). The van der Waals surface area contributed by atoms with E-state index < -0.39 is 0 Å². The van der Waals surface area contributed by atoms with Crippen molar-refractivity contribution in [2.75, 3.05) is 11.9 Å². The molecule has 1 aromatic heterocycles. The molecule has 0 fully saturated rings. The number of aryl methyl sites for hydroxylation is 1. The van der Waals surface area contributed by atoms with Gasteiger partial charge in [0.15, 0.2) is 0 Å². The van der Waals surface area contributed by atoms with Gasteiger partial charge in [0, 0.05) is 24.1 Å². The Morgan fingerprint density at radius 2 is 2.42 bits per heavy atom. The van der Waals surface area contributed by atoms with Crippen LogP contribution >= 0.6 is 0 Å². The molecule has 0 spiro atoms. The van der Waals surface area contributed by atoms with E-state index in [-0.39, 0.29) is 0 Å². The molecular weight excluding hydrogens is 148 g/mol. The highest BCUT2D eigenvalue weighted by molar-refractivity contribution is 5.43. The summed E-state index contributed by atoms with van der Waals surface area (Å²) in [6, 6.07) is 3.97. The van der Waals surface area contributed by atoms with Gasteiger partial charge >= 0.3 is 0 Å². The first-order valence-corrected chi connectivity index (χ1v) is 3.99. The Kier molecular flexibility index (Phi) is 2.86. The minimum Gasteiger partial charge on any atom is -0.381 e. The molecule has 1 aromatic rings. The number of hydrogen-bond donors (Lipinski definition) is 1. The maximum absolute atomic E-state index is 4.10. The molecular formula is C10H14N2. The molecule has 0 saturated heterocycles. The molecule has 64 valence electrons. The maximum atomic E-state index is 4.10. The lowest BCUT2D eigenvalue weighted by atomic mass is 10.3. The Bertz CT molecular complexity index is 279. The smallest absolute Gasteiger partial charge is 0.0393 e. The van der Waals surface area contributed by atoms with Crippen LogP contribution in [-0.2, 0) is 0 Å². The summed E-state index contributed by atoms with van der Waals surface area (Å²) in [5.41, 5.74) is 3.26. The van der Waals surface area contributed by atoms with Crippen molar-refractivity contribution in [1.82, 2.24) is 4.98 Å². The average Bonchev–Trinajstić information content (AvgIpc) is 2.01. The van der Waals surface area contributed by atoms with Gasteiger partial charge in [0.2, 0.25) is 0 Å². The van der Waals surface area contributed by atoms with Gasteiger partial charge in [-0.2, -0.15) is 0 Å². The summed E-state index contributed by atoms with van der Waals surface area (Å²) in [4.78, 5) is 4.10. The van der Waals surface area contributed by atoms with Crippen molar-refractivity contribution >= 4 is 5.69 Å². The predicted molar refractivity (Wildman–Crippen MR) is 52.3 cm³/mol. The third-order valence-electron chi connectivity index (χ3n) is 1.49. The normalized spacial score (nSPS) is 9.50. The molecule has 1 N–H and O–H groups in total. The van der Waals surface area contributed by atoms with E-state index in [9.17, 15) is 0 Å². The van der Waals surface area contributed by atoms with Crippen molar-refractivity contribution in [2.24, 2.45) is 0 Å². The second-order valence-electron chi connectivity index (χ2n) is 3.00. The van der Waals surface area contributed by atoms with Crippen molar-refractivity contribution in [2.45, 2.75) is 13.8 Å². The fourth-order valence-corrected chi connectivity index (χ4v) is 0.908. The van der Waals surface area contributed by atoms with Gasteiger partial charge in [0.1, 0.15) is 0 Å².